The van der Waals surface area contributed by atoms with Crippen molar-refractivity contribution in [1.29, 1.82) is 0 Å². The van der Waals surface area contributed by atoms with E-state index < -0.39 is 10.0 Å². The minimum Gasteiger partial charge on any atom is -0.494 e. The molecule has 1 aliphatic heterocycles. The van der Waals surface area contributed by atoms with Gasteiger partial charge < -0.3 is 14.4 Å². The molecule has 0 atom stereocenters. The SMILES string of the molecule is CCOc1ccc(S(=O)(=O)N2CCN(C(=O)c3ccc(COC)cc3)CC2)cc1. The van der Waals surface area contributed by atoms with Gasteiger partial charge in [-0.25, -0.2) is 8.42 Å². The lowest BCUT2D eigenvalue weighted by Crippen LogP contribution is -2.50. The second-order valence-electron chi connectivity index (χ2n) is 6.73. The van der Waals surface area contributed by atoms with Crippen LogP contribution in [0.5, 0.6) is 5.75 Å². The highest BCUT2D eigenvalue weighted by Gasteiger charge is 2.30. The zero-order valence-corrected chi connectivity index (χ0v) is 17.5. The number of sulfonamides is 1. The van der Waals surface area contributed by atoms with Crippen molar-refractivity contribution in [3.63, 3.8) is 0 Å². The molecule has 0 radical (unpaired) electrons. The highest BCUT2D eigenvalue weighted by molar-refractivity contribution is 7.89. The lowest BCUT2D eigenvalue weighted by molar-refractivity contribution is 0.0698. The fourth-order valence-electron chi connectivity index (χ4n) is 3.25. The minimum atomic E-state index is -3.59. The van der Waals surface area contributed by atoms with Crippen LogP contribution in [0.3, 0.4) is 0 Å². The normalized spacial score (nSPS) is 15.3. The van der Waals surface area contributed by atoms with Gasteiger partial charge in [0, 0.05) is 38.9 Å². The Labute approximate surface area is 171 Å². The van der Waals surface area contributed by atoms with Crippen molar-refractivity contribution in [3.8, 4) is 5.75 Å². The van der Waals surface area contributed by atoms with Gasteiger partial charge in [0.1, 0.15) is 5.75 Å². The van der Waals surface area contributed by atoms with Crippen LogP contribution in [0.2, 0.25) is 0 Å². The number of carbonyl (C=O) groups is 1. The zero-order valence-electron chi connectivity index (χ0n) is 16.7. The van der Waals surface area contributed by atoms with Gasteiger partial charge in [-0.1, -0.05) is 12.1 Å². The van der Waals surface area contributed by atoms with Crippen molar-refractivity contribution < 1.29 is 22.7 Å². The van der Waals surface area contributed by atoms with Crippen LogP contribution in [0, 0.1) is 0 Å². The standard InChI is InChI=1S/C21H26N2O5S/c1-3-28-19-8-10-20(11-9-19)29(25,26)23-14-12-22(13-15-23)21(24)18-6-4-17(5-7-18)16-27-2/h4-11H,3,12-16H2,1-2H3. The predicted octanol–water partition coefficient (Wildman–Crippen LogP) is 2.38. The number of nitrogens with zero attached hydrogens (tertiary/aromatic N) is 2. The topological polar surface area (TPSA) is 76.2 Å². The van der Waals surface area contributed by atoms with E-state index in [4.69, 9.17) is 9.47 Å². The first-order valence-corrected chi connectivity index (χ1v) is 11.0. The lowest BCUT2D eigenvalue weighted by atomic mass is 10.1. The first kappa shape index (κ1) is 21.3. The number of hydrogen-bond acceptors (Lipinski definition) is 5. The summed E-state index contributed by atoms with van der Waals surface area (Å²) in [5.41, 5.74) is 1.59. The maximum absolute atomic E-state index is 12.9. The Morgan fingerprint density at radius 3 is 2.14 bits per heavy atom. The van der Waals surface area contributed by atoms with Gasteiger partial charge in [-0.05, 0) is 48.9 Å². The molecular formula is C21H26N2O5S. The molecule has 1 amide bonds. The largest absolute Gasteiger partial charge is 0.494 e. The quantitative estimate of drug-likeness (QED) is 0.690. The molecule has 1 fully saturated rings. The van der Waals surface area contributed by atoms with Crippen molar-refractivity contribution in [2.24, 2.45) is 0 Å². The molecule has 0 spiro atoms. The molecule has 0 aromatic heterocycles. The van der Waals surface area contributed by atoms with E-state index in [1.54, 1.807) is 48.4 Å². The number of ether oxygens (including phenoxy) is 2. The average Bonchev–Trinajstić information content (AvgIpc) is 2.75. The Hall–Kier alpha value is -2.42. The van der Waals surface area contributed by atoms with Crippen molar-refractivity contribution in [1.82, 2.24) is 9.21 Å². The highest BCUT2D eigenvalue weighted by atomic mass is 32.2. The first-order valence-electron chi connectivity index (χ1n) is 9.56. The van der Waals surface area contributed by atoms with Gasteiger partial charge in [-0.15, -0.1) is 0 Å². The Morgan fingerprint density at radius 2 is 1.59 bits per heavy atom. The van der Waals surface area contributed by atoms with Gasteiger partial charge in [-0.3, -0.25) is 4.79 Å². The molecule has 0 bridgehead atoms. The Kier molecular flexibility index (Phi) is 6.89. The summed E-state index contributed by atoms with van der Waals surface area (Å²) in [6, 6.07) is 13.7. The molecule has 1 heterocycles. The van der Waals surface area contributed by atoms with Crippen molar-refractivity contribution in [2.75, 3.05) is 39.9 Å². The number of rotatable bonds is 7. The first-order chi connectivity index (χ1) is 14.0. The molecule has 0 N–H and O–H groups in total. The van der Waals surface area contributed by atoms with Crippen LogP contribution in [0.25, 0.3) is 0 Å². The van der Waals surface area contributed by atoms with Gasteiger partial charge >= 0.3 is 0 Å². The second kappa shape index (κ2) is 9.39. The molecule has 1 saturated heterocycles. The molecule has 8 heteroatoms. The van der Waals surface area contributed by atoms with Crippen LogP contribution >= 0.6 is 0 Å². The van der Waals surface area contributed by atoms with Gasteiger partial charge in [0.2, 0.25) is 10.0 Å². The molecule has 0 unspecified atom stereocenters. The number of carbonyl (C=O) groups excluding carboxylic acids is 1. The Bertz CT molecular complexity index is 919. The fourth-order valence-corrected chi connectivity index (χ4v) is 4.67. The third-order valence-electron chi connectivity index (χ3n) is 4.81. The lowest BCUT2D eigenvalue weighted by Gasteiger charge is -2.34. The minimum absolute atomic E-state index is 0.0907. The van der Waals surface area contributed by atoms with Gasteiger partial charge in [0.15, 0.2) is 0 Å². The summed E-state index contributed by atoms with van der Waals surface area (Å²) in [6.45, 7) is 4.14. The Morgan fingerprint density at radius 1 is 0.966 bits per heavy atom. The summed E-state index contributed by atoms with van der Waals surface area (Å²) >= 11 is 0. The van der Waals surface area contributed by atoms with E-state index in [0.717, 1.165) is 5.56 Å². The third kappa shape index (κ3) is 4.95. The maximum Gasteiger partial charge on any atom is 0.253 e. The molecule has 3 rings (SSSR count). The molecule has 0 aliphatic carbocycles. The number of hydrogen-bond donors (Lipinski definition) is 0. The van der Waals surface area contributed by atoms with Gasteiger partial charge in [-0.2, -0.15) is 4.31 Å². The van der Waals surface area contributed by atoms with E-state index in [1.165, 1.54) is 4.31 Å². The van der Waals surface area contributed by atoms with E-state index in [2.05, 4.69) is 0 Å². The number of piperazine rings is 1. The molecule has 7 nitrogen and oxygen atoms in total. The number of benzene rings is 2. The molecular weight excluding hydrogens is 392 g/mol. The predicted molar refractivity (Wildman–Crippen MR) is 109 cm³/mol. The van der Waals surface area contributed by atoms with Gasteiger partial charge in [0.25, 0.3) is 5.91 Å². The van der Waals surface area contributed by atoms with E-state index in [1.807, 2.05) is 19.1 Å². The smallest absolute Gasteiger partial charge is 0.253 e. The summed E-state index contributed by atoms with van der Waals surface area (Å²) in [4.78, 5) is 14.6. The number of amides is 1. The molecule has 2 aromatic carbocycles. The van der Waals surface area contributed by atoms with Crippen LogP contribution in [0.4, 0.5) is 0 Å². The van der Waals surface area contributed by atoms with Gasteiger partial charge in [0.05, 0.1) is 18.1 Å². The zero-order chi connectivity index (χ0) is 20.9. The summed E-state index contributed by atoms with van der Waals surface area (Å²) in [5.74, 6) is 0.547. The van der Waals surface area contributed by atoms with E-state index in [-0.39, 0.29) is 23.9 Å². The van der Waals surface area contributed by atoms with Crippen LogP contribution in [-0.2, 0) is 21.4 Å². The monoisotopic (exact) mass is 418 g/mol. The molecule has 156 valence electrons. The van der Waals surface area contributed by atoms with Crippen LogP contribution in [0.15, 0.2) is 53.4 Å². The van der Waals surface area contributed by atoms with Crippen LogP contribution in [-0.4, -0.2) is 63.4 Å². The molecule has 29 heavy (non-hydrogen) atoms. The van der Waals surface area contributed by atoms with Crippen LogP contribution < -0.4 is 4.74 Å². The fraction of sp³-hybridized carbons (Fsp3) is 0.381. The van der Waals surface area contributed by atoms with Crippen LogP contribution in [0.1, 0.15) is 22.8 Å². The summed E-state index contributed by atoms with van der Waals surface area (Å²) in [7, 11) is -1.97. The van der Waals surface area contributed by atoms with E-state index in [0.29, 0.717) is 37.6 Å². The molecule has 2 aromatic rings. The maximum atomic E-state index is 12.9. The summed E-state index contributed by atoms with van der Waals surface area (Å²) in [5, 5.41) is 0. The molecule has 0 saturated carbocycles. The summed E-state index contributed by atoms with van der Waals surface area (Å²) in [6.07, 6.45) is 0. The van der Waals surface area contributed by atoms with E-state index in [9.17, 15) is 13.2 Å². The highest BCUT2D eigenvalue weighted by Crippen LogP contribution is 2.21. The average molecular weight is 419 g/mol. The van der Waals surface area contributed by atoms with Crippen molar-refractivity contribution in [2.45, 2.75) is 18.4 Å². The van der Waals surface area contributed by atoms with Crippen molar-refractivity contribution >= 4 is 15.9 Å². The summed E-state index contributed by atoms with van der Waals surface area (Å²) < 4.78 is 37.6. The van der Waals surface area contributed by atoms with Crippen molar-refractivity contribution in [3.05, 3.63) is 59.7 Å². The molecule has 1 aliphatic rings. The second-order valence-corrected chi connectivity index (χ2v) is 8.67. The Balaban J connectivity index is 1.62. The van der Waals surface area contributed by atoms with E-state index >= 15 is 0 Å². The third-order valence-corrected chi connectivity index (χ3v) is 6.72. The number of methoxy groups -OCH3 is 1.